The van der Waals surface area contributed by atoms with Crippen LogP contribution in [0.15, 0.2) is 0 Å². The van der Waals surface area contributed by atoms with Crippen LogP contribution in [-0.4, -0.2) is 22.8 Å². The van der Waals surface area contributed by atoms with E-state index < -0.39 is 11.4 Å². The van der Waals surface area contributed by atoms with Crippen LogP contribution in [0.4, 0.5) is 0 Å². The fraction of sp³-hybridized carbons (Fsp3) is 0.950. The average Bonchev–Trinajstić information content (AvgIpc) is 2.77. The van der Waals surface area contributed by atoms with Gasteiger partial charge in [-0.2, -0.15) is 0 Å². The normalized spacial score (nSPS) is 55.1. The van der Waals surface area contributed by atoms with E-state index in [0.29, 0.717) is 29.8 Å². The number of fused-ring (bicyclic) bond motifs is 3. The van der Waals surface area contributed by atoms with Crippen molar-refractivity contribution in [2.24, 2.45) is 39.9 Å². The topological polar surface area (TPSA) is 57.5 Å². The Morgan fingerprint density at radius 2 is 1.83 bits per heavy atom. The summed E-state index contributed by atoms with van der Waals surface area (Å²) in [6.07, 6.45) is 10.4. The maximum absolute atomic E-state index is 12.1. The number of aliphatic hydroxyl groups is 1. The molecule has 0 aromatic heterocycles. The number of hydrogen-bond acceptors (Lipinski definition) is 2. The summed E-state index contributed by atoms with van der Waals surface area (Å²) >= 11 is 0. The first-order valence-corrected chi connectivity index (χ1v) is 9.70. The maximum atomic E-state index is 12.1. The highest BCUT2D eigenvalue weighted by atomic mass is 16.4. The summed E-state index contributed by atoms with van der Waals surface area (Å²) in [5, 5.41) is 19.7. The Bertz CT molecular complexity index is 517. The van der Waals surface area contributed by atoms with Crippen molar-refractivity contribution < 1.29 is 15.0 Å². The van der Waals surface area contributed by atoms with Gasteiger partial charge in [0.1, 0.15) is 0 Å². The first-order chi connectivity index (χ1) is 10.9. The van der Waals surface area contributed by atoms with Crippen LogP contribution in [0.2, 0.25) is 0 Å². The molecule has 0 aliphatic heterocycles. The number of rotatable bonds is 2. The Kier molecular flexibility index (Phi) is 3.44. The molecule has 4 fully saturated rings. The van der Waals surface area contributed by atoms with E-state index in [2.05, 4.69) is 6.92 Å². The van der Waals surface area contributed by atoms with E-state index in [1.54, 1.807) is 0 Å². The second kappa shape index (κ2) is 4.97. The molecule has 130 valence electrons. The fourth-order valence-corrected chi connectivity index (χ4v) is 8.06. The second-order valence-corrected chi connectivity index (χ2v) is 9.78. The fourth-order valence-electron chi connectivity index (χ4n) is 8.06. The lowest BCUT2D eigenvalue weighted by molar-refractivity contribution is -0.181. The molecule has 4 aliphatic carbocycles. The third-order valence-electron chi connectivity index (χ3n) is 9.00. The molecule has 0 unspecified atom stereocenters. The van der Waals surface area contributed by atoms with Gasteiger partial charge in [-0.25, -0.2) is 0 Å². The molecule has 0 saturated heterocycles. The predicted octanol–water partition coefficient (Wildman–Crippen LogP) is 4.09. The quantitative estimate of drug-likeness (QED) is 0.805. The molecule has 0 amide bonds. The van der Waals surface area contributed by atoms with Gasteiger partial charge in [0.2, 0.25) is 0 Å². The van der Waals surface area contributed by atoms with Crippen molar-refractivity contribution in [3.05, 3.63) is 0 Å². The molecule has 0 radical (unpaired) electrons. The van der Waals surface area contributed by atoms with E-state index in [1.807, 2.05) is 6.92 Å². The lowest BCUT2D eigenvalue weighted by atomic mass is 9.41. The minimum atomic E-state index is -0.572. The van der Waals surface area contributed by atoms with E-state index in [4.69, 9.17) is 0 Å². The average molecular weight is 320 g/mol. The van der Waals surface area contributed by atoms with Crippen molar-refractivity contribution in [3.8, 4) is 0 Å². The van der Waals surface area contributed by atoms with Crippen LogP contribution in [0, 0.1) is 39.9 Å². The molecule has 1 spiro atoms. The Morgan fingerprint density at radius 3 is 2.52 bits per heavy atom. The maximum Gasteiger partial charge on any atom is 0.309 e. The number of carbonyl (C=O) groups is 1. The molecule has 3 heteroatoms. The summed E-state index contributed by atoms with van der Waals surface area (Å²) in [5.41, 5.74) is 0.0811. The number of carboxylic acids is 1. The van der Waals surface area contributed by atoms with Crippen LogP contribution >= 0.6 is 0 Å². The molecule has 0 heterocycles. The number of aliphatic hydroxyl groups excluding tert-OH is 1. The van der Waals surface area contributed by atoms with Crippen molar-refractivity contribution >= 4 is 5.97 Å². The minimum Gasteiger partial charge on any atom is -0.481 e. The standard InChI is InChI=1S/C20H32O3/c1-18-7-3-8-19(2,17(22)23)15(18)6-9-20-10-13(4-5-16(18)20)14(11-20)12-21/h13-16,21H,3-12H2,1-2H3,(H,22,23)/t13-,14+,15+,16+,18-,19+,20+/m1/s1. The highest BCUT2D eigenvalue weighted by Crippen LogP contribution is 2.72. The van der Waals surface area contributed by atoms with E-state index in [1.165, 1.54) is 38.5 Å². The largest absolute Gasteiger partial charge is 0.481 e. The van der Waals surface area contributed by atoms with Gasteiger partial charge in [-0.05, 0) is 92.8 Å². The smallest absolute Gasteiger partial charge is 0.309 e. The zero-order chi connectivity index (χ0) is 16.5. The Balaban J connectivity index is 1.71. The van der Waals surface area contributed by atoms with Gasteiger partial charge in [-0.3, -0.25) is 4.79 Å². The molecule has 4 aliphatic rings. The Labute approximate surface area is 139 Å². The molecule has 3 nitrogen and oxygen atoms in total. The Hall–Kier alpha value is -0.570. The molecule has 23 heavy (non-hydrogen) atoms. The highest BCUT2D eigenvalue weighted by Gasteiger charge is 2.65. The first kappa shape index (κ1) is 15.9. The summed E-state index contributed by atoms with van der Waals surface area (Å²) in [5.74, 6) is 1.68. The zero-order valence-corrected chi connectivity index (χ0v) is 14.7. The summed E-state index contributed by atoms with van der Waals surface area (Å²) in [4.78, 5) is 12.1. The molecule has 4 rings (SSSR count). The number of aliphatic carboxylic acids is 1. The summed E-state index contributed by atoms with van der Waals surface area (Å²) in [7, 11) is 0. The van der Waals surface area contributed by atoms with Crippen LogP contribution in [0.5, 0.6) is 0 Å². The predicted molar refractivity (Wildman–Crippen MR) is 88.9 cm³/mol. The summed E-state index contributed by atoms with van der Waals surface area (Å²) < 4.78 is 0. The van der Waals surface area contributed by atoms with Crippen molar-refractivity contribution in [2.75, 3.05) is 6.61 Å². The SMILES string of the molecule is C[C@@]12CCC[C@](C)(C(=O)O)[C@H]1CC[C@]13C[C@@H](CO)[C@H](CC[C@H]12)C3. The number of hydrogen-bond donors (Lipinski definition) is 2. The van der Waals surface area contributed by atoms with E-state index in [9.17, 15) is 15.0 Å². The van der Waals surface area contributed by atoms with Crippen molar-refractivity contribution in [2.45, 2.75) is 71.6 Å². The van der Waals surface area contributed by atoms with Crippen LogP contribution in [0.25, 0.3) is 0 Å². The summed E-state index contributed by atoms with van der Waals surface area (Å²) in [6, 6.07) is 0. The molecule has 2 N–H and O–H groups in total. The monoisotopic (exact) mass is 320 g/mol. The molecule has 2 bridgehead atoms. The summed E-state index contributed by atoms with van der Waals surface area (Å²) in [6.45, 7) is 4.80. The van der Waals surface area contributed by atoms with Gasteiger partial charge in [0.15, 0.2) is 0 Å². The van der Waals surface area contributed by atoms with Gasteiger partial charge in [0.05, 0.1) is 5.41 Å². The molecular weight excluding hydrogens is 288 g/mol. The van der Waals surface area contributed by atoms with Gasteiger partial charge in [0.25, 0.3) is 0 Å². The Morgan fingerprint density at radius 1 is 1.04 bits per heavy atom. The van der Waals surface area contributed by atoms with Crippen LogP contribution in [-0.2, 0) is 4.79 Å². The second-order valence-electron chi connectivity index (χ2n) is 9.78. The highest BCUT2D eigenvalue weighted by molar-refractivity contribution is 5.75. The molecular formula is C20H32O3. The van der Waals surface area contributed by atoms with E-state index in [0.717, 1.165) is 25.2 Å². The van der Waals surface area contributed by atoms with Gasteiger partial charge >= 0.3 is 5.97 Å². The molecule has 0 aromatic carbocycles. The third kappa shape index (κ3) is 1.95. The van der Waals surface area contributed by atoms with Gasteiger partial charge in [-0.15, -0.1) is 0 Å². The molecule has 0 aromatic rings. The lowest BCUT2D eigenvalue weighted by Crippen LogP contribution is -2.58. The van der Waals surface area contributed by atoms with Crippen LogP contribution in [0.3, 0.4) is 0 Å². The van der Waals surface area contributed by atoms with Crippen LogP contribution in [0.1, 0.15) is 71.6 Å². The number of carboxylic acid groups (broad SMARTS) is 1. The zero-order valence-electron chi connectivity index (χ0n) is 14.7. The molecule has 7 atom stereocenters. The third-order valence-corrected chi connectivity index (χ3v) is 9.00. The van der Waals surface area contributed by atoms with Crippen molar-refractivity contribution in [3.63, 3.8) is 0 Å². The van der Waals surface area contributed by atoms with Gasteiger partial charge in [0, 0.05) is 6.61 Å². The van der Waals surface area contributed by atoms with Gasteiger partial charge < -0.3 is 10.2 Å². The van der Waals surface area contributed by atoms with Crippen molar-refractivity contribution in [1.29, 1.82) is 0 Å². The first-order valence-electron chi connectivity index (χ1n) is 9.70. The van der Waals surface area contributed by atoms with Crippen LogP contribution < -0.4 is 0 Å². The van der Waals surface area contributed by atoms with Gasteiger partial charge in [-0.1, -0.05) is 13.3 Å². The van der Waals surface area contributed by atoms with E-state index >= 15 is 0 Å². The van der Waals surface area contributed by atoms with Crippen molar-refractivity contribution in [1.82, 2.24) is 0 Å². The molecule has 4 saturated carbocycles. The lowest BCUT2D eigenvalue weighted by Gasteiger charge is -2.63. The van der Waals surface area contributed by atoms with E-state index in [-0.39, 0.29) is 5.41 Å². The minimum absolute atomic E-state index is 0.193.